The quantitative estimate of drug-likeness (QED) is 0.851. The fourth-order valence-electron chi connectivity index (χ4n) is 3.14. The minimum atomic E-state index is -0.377. The van der Waals surface area contributed by atoms with Crippen LogP contribution in [-0.4, -0.2) is 42.1 Å². The summed E-state index contributed by atoms with van der Waals surface area (Å²) in [5.41, 5.74) is 5.64. The van der Waals surface area contributed by atoms with Crippen LogP contribution in [0.4, 0.5) is 0 Å². The molecule has 2 rings (SSSR count). The summed E-state index contributed by atoms with van der Waals surface area (Å²) in [5, 5.41) is 0. The van der Waals surface area contributed by atoms with E-state index in [1.54, 1.807) is 6.92 Å². The van der Waals surface area contributed by atoms with Crippen LogP contribution >= 0.6 is 0 Å². The lowest BCUT2D eigenvalue weighted by Gasteiger charge is -2.36. The standard InChI is InChI=1S/C15H28N2O2/c1-11-3-5-13(6-4-11)19-14-7-9-17(10-8-14)15(18)12(2)16/h11-14H,3-10,16H2,1-2H3/t11?,12-,13?/m0/s1. The van der Waals surface area contributed by atoms with Crippen LogP contribution in [0.2, 0.25) is 0 Å². The Labute approximate surface area is 116 Å². The maximum absolute atomic E-state index is 11.8. The van der Waals surface area contributed by atoms with Gasteiger partial charge in [0.15, 0.2) is 0 Å². The smallest absolute Gasteiger partial charge is 0.239 e. The molecule has 0 unspecified atom stereocenters. The number of likely N-dealkylation sites (tertiary alicyclic amines) is 1. The fourth-order valence-corrected chi connectivity index (χ4v) is 3.14. The van der Waals surface area contributed by atoms with Gasteiger partial charge in [-0.15, -0.1) is 0 Å². The zero-order chi connectivity index (χ0) is 13.8. The molecule has 0 radical (unpaired) electrons. The lowest BCUT2D eigenvalue weighted by Crippen LogP contribution is -2.47. The van der Waals surface area contributed by atoms with Crippen molar-refractivity contribution in [1.82, 2.24) is 4.90 Å². The van der Waals surface area contributed by atoms with E-state index >= 15 is 0 Å². The molecule has 4 nitrogen and oxygen atoms in total. The maximum atomic E-state index is 11.8. The molecule has 0 aromatic rings. The van der Waals surface area contributed by atoms with Crippen LogP contribution in [0.25, 0.3) is 0 Å². The maximum Gasteiger partial charge on any atom is 0.239 e. The summed E-state index contributed by atoms with van der Waals surface area (Å²) in [4.78, 5) is 13.7. The van der Waals surface area contributed by atoms with Crippen molar-refractivity contribution in [3.8, 4) is 0 Å². The van der Waals surface area contributed by atoms with E-state index in [9.17, 15) is 4.79 Å². The van der Waals surface area contributed by atoms with Gasteiger partial charge in [0.1, 0.15) is 0 Å². The Bertz CT molecular complexity index is 291. The highest BCUT2D eigenvalue weighted by molar-refractivity contribution is 5.81. The first-order chi connectivity index (χ1) is 9.06. The molecule has 0 aromatic carbocycles. The second-order valence-electron chi connectivity index (χ2n) is 6.33. The molecule has 1 aliphatic carbocycles. The molecule has 1 aliphatic heterocycles. The lowest BCUT2D eigenvalue weighted by atomic mass is 9.88. The van der Waals surface area contributed by atoms with Crippen LogP contribution in [0.15, 0.2) is 0 Å². The third-order valence-corrected chi connectivity index (χ3v) is 4.49. The highest BCUT2D eigenvalue weighted by Crippen LogP contribution is 2.28. The summed E-state index contributed by atoms with van der Waals surface area (Å²) < 4.78 is 6.20. The molecule has 19 heavy (non-hydrogen) atoms. The molecule has 1 heterocycles. The molecular weight excluding hydrogens is 240 g/mol. The van der Waals surface area contributed by atoms with E-state index in [-0.39, 0.29) is 11.9 Å². The van der Waals surface area contributed by atoms with Gasteiger partial charge in [0, 0.05) is 13.1 Å². The van der Waals surface area contributed by atoms with Crippen LogP contribution in [0.5, 0.6) is 0 Å². The number of ether oxygens (including phenoxy) is 1. The summed E-state index contributed by atoms with van der Waals surface area (Å²) in [6.07, 6.45) is 7.74. The molecular formula is C15H28N2O2. The van der Waals surface area contributed by atoms with Crippen LogP contribution in [0.3, 0.4) is 0 Å². The zero-order valence-electron chi connectivity index (χ0n) is 12.3. The average Bonchev–Trinajstić information content (AvgIpc) is 2.41. The Balaban J connectivity index is 1.70. The highest BCUT2D eigenvalue weighted by Gasteiger charge is 2.27. The lowest BCUT2D eigenvalue weighted by molar-refractivity contribution is -0.136. The number of nitrogens with zero attached hydrogens (tertiary/aromatic N) is 1. The first-order valence-corrected chi connectivity index (χ1v) is 7.76. The fraction of sp³-hybridized carbons (Fsp3) is 0.933. The van der Waals surface area contributed by atoms with Crippen LogP contribution < -0.4 is 5.73 Å². The van der Waals surface area contributed by atoms with Crippen molar-refractivity contribution in [3.63, 3.8) is 0 Å². The van der Waals surface area contributed by atoms with Crippen LogP contribution in [0, 0.1) is 5.92 Å². The number of carbonyl (C=O) groups is 1. The van der Waals surface area contributed by atoms with E-state index in [1.165, 1.54) is 25.7 Å². The van der Waals surface area contributed by atoms with Crippen molar-refractivity contribution in [2.24, 2.45) is 11.7 Å². The number of hydrogen-bond acceptors (Lipinski definition) is 3. The van der Waals surface area contributed by atoms with E-state index in [0.717, 1.165) is 31.8 Å². The van der Waals surface area contributed by atoms with Gasteiger partial charge < -0.3 is 15.4 Å². The minimum Gasteiger partial charge on any atom is -0.375 e. The largest absolute Gasteiger partial charge is 0.375 e. The Hall–Kier alpha value is -0.610. The van der Waals surface area contributed by atoms with Gasteiger partial charge in [-0.2, -0.15) is 0 Å². The van der Waals surface area contributed by atoms with Gasteiger partial charge in [0.25, 0.3) is 0 Å². The molecule has 4 heteroatoms. The predicted octanol–water partition coefficient (Wildman–Crippen LogP) is 1.92. The molecule has 0 aromatic heterocycles. The second kappa shape index (κ2) is 6.71. The molecule has 1 atom stereocenters. The number of carbonyl (C=O) groups excluding carboxylic acids is 1. The summed E-state index contributed by atoms with van der Waals surface area (Å²) in [6, 6.07) is -0.377. The van der Waals surface area contributed by atoms with E-state index < -0.39 is 0 Å². The number of rotatable bonds is 3. The average molecular weight is 268 g/mol. The van der Waals surface area contributed by atoms with Gasteiger partial charge in [-0.25, -0.2) is 0 Å². The summed E-state index contributed by atoms with van der Waals surface area (Å²) in [5.74, 6) is 0.940. The predicted molar refractivity (Wildman–Crippen MR) is 75.8 cm³/mol. The van der Waals surface area contributed by atoms with Gasteiger partial charge >= 0.3 is 0 Å². The van der Waals surface area contributed by atoms with Gasteiger partial charge in [-0.3, -0.25) is 4.79 Å². The van der Waals surface area contributed by atoms with Crippen LogP contribution in [0.1, 0.15) is 52.4 Å². The summed E-state index contributed by atoms with van der Waals surface area (Å²) in [6.45, 7) is 5.69. The summed E-state index contributed by atoms with van der Waals surface area (Å²) >= 11 is 0. The van der Waals surface area contributed by atoms with E-state index in [0.29, 0.717) is 12.2 Å². The van der Waals surface area contributed by atoms with Gasteiger partial charge in [-0.1, -0.05) is 6.92 Å². The summed E-state index contributed by atoms with van der Waals surface area (Å²) in [7, 11) is 0. The normalized spacial score (nSPS) is 31.2. The van der Waals surface area contributed by atoms with Gasteiger partial charge in [-0.05, 0) is 51.4 Å². The number of piperidine rings is 1. The molecule has 2 fully saturated rings. The van der Waals surface area contributed by atoms with E-state index in [2.05, 4.69) is 6.92 Å². The molecule has 1 amide bonds. The van der Waals surface area contributed by atoms with Crippen molar-refractivity contribution < 1.29 is 9.53 Å². The van der Waals surface area contributed by atoms with Crippen LogP contribution in [-0.2, 0) is 9.53 Å². The van der Waals surface area contributed by atoms with Gasteiger partial charge in [0.2, 0.25) is 5.91 Å². The third-order valence-electron chi connectivity index (χ3n) is 4.49. The Morgan fingerprint density at radius 3 is 2.16 bits per heavy atom. The Morgan fingerprint density at radius 1 is 1.11 bits per heavy atom. The van der Waals surface area contributed by atoms with Crippen molar-refractivity contribution in [2.45, 2.75) is 70.6 Å². The number of nitrogens with two attached hydrogens (primary N) is 1. The molecule has 2 aliphatic rings. The number of amides is 1. The first kappa shape index (κ1) is 14.8. The first-order valence-electron chi connectivity index (χ1n) is 7.76. The Kier molecular flexibility index (Phi) is 5.22. The molecule has 1 saturated carbocycles. The number of hydrogen-bond donors (Lipinski definition) is 1. The van der Waals surface area contributed by atoms with E-state index in [1.807, 2.05) is 4.90 Å². The monoisotopic (exact) mass is 268 g/mol. The molecule has 0 bridgehead atoms. The van der Waals surface area contributed by atoms with E-state index in [4.69, 9.17) is 10.5 Å². The van der Waals surface area contributed by atoms with Crippen molar-refractivity contribution in [2.75, 3.05) is 13.1 Å². The highest BCUT2D eigenvalue weighted by atomic mass is 16.5. The van der Waals surface area contributed by atoms with Crippen molar-refractivity contribution in [1.29, 1.82) is 0 Å². The van der Waals surface area contributed by atoms with Crippen molar-refractivity contribution in [3.05, 3.63) is 0 Å². The topological polar surface area (TPSA) is 55.6 Å². The molecule has 2 N–H and O–H groups in total. The Morgan fingerprint density at radius 2 is 1.63 bits per heavy atom. The minimum absolute atomic E-state index is 0.0740. The SMILES string of the molecule is CC1CCC(OC2CCN(C(=O)[C@H](C)N)CC2)CC1. The molecule has 110 valence electrons. The van der Waals surface area contributed by atoms with Crippen molar-refractivity contribution >= 4 is 5.91 Å². The zero-order valence-corrected chi connectivity index (χ0v) is 12.3. The molecule has 0 spiro atoms. The van der Waals surface area contributed by atoms with Gasteiger partial charge in [0.05, 0.1) is 18.2 Å². The second-order valence-corrected chi connectivity index (χ2v) is 6.33. The molecule has 1 saturated heterocycles. The third kappa shape index (κ3) is 4.18.